The third-order valence-corrected chi connectivity index (χ3v) is 6.14. The summed E-state index contributed by atoms with van der Waals surface area (Å²) in [5, 5.41) is 6.37. The maximum atomic E-state index is 13.0. The molecule has 2 heterocycles. The highest BCUT2D eigenvalue weighted by molar-refractivity contribution is 6.03. The van der Waals surface area contributed by atoms with Gasteiger partial charge >= 0.3 is 11.9 Å². The van der Waals surface area contributed by atoms with E-state index in [1.54, 1.807) is 13.8 Å². The Morgan fingerprint density at radius 3 is 1.97 bits per heavy atom. The standard InChI is InChI=1S/C27H29N3O6/c1-3-35-26(33)22(27(34)36-4-2)23-18(17-12-8-9-13-19(17)28-23)15-21-25(32)29-20(24(31)30-21)14-16-10-6-5-7-11-16/h5-13,20-22,28H,3-4,14-15H2,1-2H3,(H,29,32)(H,30,31)/t20-,21-/m0/s1. The van der Waals surface area contributed by atoms with Crippen molar-refractivity contribution in [2.75, 3.05) is 13.2 Å². The van der Waals surface area contributed by atoms with Gasteiger partial charge in [0.2, 0.25) is 11.8 Å². The van der Waals surface area contributed by atoms with E-state index in [-0.39, 0.29) is 31.4 Å². The molecule has 3 N–H and O–H groups in total. The van der Waals surface area contributed by atoms with Crippen LogP contribution in [-0.4, -0.2) is 54.0 Å². The van der Waals surface area contributed by atoms with E-state index in [4.69, 9.17) is 9.47 Å². The lowest BCUT2D eigenvalue weighted by Gasteiger charge is -2.30. The second kappa shape index (κ2) is 11.1. The molecular formula is C27H29N3O6. The molecule has 1 fully saturated rings. The molecule has 2 aromatic carbocycles. The molecule has 1 aliphatic heterocycles. The SMILES string of the molecule is CCOC(=O)C(C(=O)OCC)c1[nH]c2ccccc2c1C[C@@H]1NC(=O)[C@H](Cc2ccccc2)NC1=O. The van der Waals surface area contributed by atoms with Crippen LogP contribution >= 0.6 is 0 Å². The predicted molar refractivity (Wildman–Crippen MR) is 132 cm³/mol. The van der Waals surface area contributed by atoms with Crippen molar-refractivity contribution in [3.8, 4) is 0 Å². The average Bonchev–Trinajstić information content (AvgIpc) is 3.21. The summed E-state index contributed by atoms with van der Waals surface area (Å²) in [6, 6.07) is 15.1. The first-order valence-corrected chi connectivity index (χ1v) is 12.0. The number of para-hydroxylation sites is 1. The van der Waals surface area contributed by atoms with Crippen LogP contribution in [0.4, 0.5) is 0 Å². The first-order valence-electron chi connectivity index (χ1n) is 12.0. The Morgan fingerprint density at radius 2 is 1.36 bits per heavy atom. The van der Waals surface area contributed by atoms with Gasteiger partial charge in [-0.1, -0.05) is 48.5 Å². The molecular weight excluding hydrogens is 462 g/mol. The van der Waals surface area contributed by atoms with Gasteiger partial charge in [0, 0.05) is 29.4 Å². The lowest BCUT2D eigenvalue weighted by atomic mass is 9.93. The Balaban J connectivity index is 1.64. The fraction of sp³-hybridized carbons (Fsp3) is 0.333. The minimum atomic E-state index is -1.35. The molecule has 0 unspecified atom stereocenters. The maximum Gasteiger partial charge on any atom is 0.326 e. The number of H-pyrrole nitrogens is 1. The summed E-state index contributed by atoms with van der Waals surface area (Å²) in [7, 11) is 0. The van der Waals surface area contributed by atoms with Crippen molar-refractivity contribution < 1.29 is 28.7 Å². The monoisotopic (exact) mass is 491 g/mol. The van der Waals surface area contributed by atoms with E-state index in [2.05, 4.69) is 15.6 Å². The van der Waals surface area contributed by atoms with E-state index in [0.29, 0.717) is 23.2 Å². The van der Waals surface area contributed by atoms with Crippen molar-refractivity contribution in [3.63, 3.8) is 0 Å². The number of benzene rings is 2. The molecule has 0 bridgehead atoms. The minimum Gasteiger partial charge on any atom is -0.465 e. The molecule has 9 nitrogen and oxygen atoms in total. The number of amides is 2. The van der Waals surface area contributed by atoms with Gasteiger partial charge < -0.3 is 25.1 Å². The van der Waals surface area contributed by atoms with Crippen molar-refractivity contribution in [2.45, 2.75) is 44.7 Å². The van der Waals surface area contributed by atoms with Crippen molar-refractivity contribution in [1.29, 1.82) is 0 Å². The zero-order valence-corrected chi connectivity index (χ0v) is 20.2. The van der Waals surface area contributed by atoms with Crippen molar-refractivity contribution in [3.05, 3.63) is 71.4 Å². The molecule has 188 valence electrons. The molecule has 1 saturated heterocycles. The van der Waals surface area contributed by atoms with Crippen LogP contribution in [-0.2, 0) is 41.5 Å². The molecule has 36 heavy (non-hydrogen) atoms. The fourth-order valence-corrected chi connectivity index (χ4v) is 4.49. The third-order valence-electron chi connectivity index (χ3n) is 6.14. The summed E-state index contributed by atoms with van der Waals surface area (Å²) in [6.07, 6.45) is 0.446. The lowest BCUT2D eigenvalue weighted by molar-refractivity contribution is -0.157. The van der Waals surface area contributed by atoms with Gasteiger partial charge in [0.15, 0.2) is 5.92 Å². The van der Waals surface area contributed by atoms with Crippen LogP contribution in [0.3, 0.4) is 0 Å². The van der Waals surface area contributed by atoms with Crippen molar-refractivity contribution in [1.82, 2.24) is 15.6 Å². The van der Waals surface area contributed by atoms with Gasteiger partial charge in [-0.3, -0.25) is 19.2 Å². The minimum absolute atomic E-state index is 0.0737. The van der Waals surface area contributed by atoms with Crippen molar-refractivity contribution in [2.24, 2.45) is 0 Å². The number of rotatable bonds is 9. The number of nitrogens with one attached hydrogen (secondary N) is 3. The molecule has 0 spiro atoms. The Labute approximate surface area is 208 Å². The van der Waals surface area contributed by atoms with E-state index >= 15 is 0 Å². The Bertz CT molecular complexity index is 1250. The summed E-state index contributed by atoms with van der Waals surface area (Å²) < 4.78 is 10.3. The molecule has 1 aromatic heterocycles. The molecule has 2 amide bonds. The van der Waals surface area contributed by atoms with Gasteiger partial charge in [0.05, 0.1) is 13.2 Å². The molecule has 0 radical (unpaired) electrons. The molecule has 3 aromatic rings. The highest BCUT2D eigenvalue weighted by atomic mass is 16.6. The van der Waals surface area contributed by atoms with E-state index in [0.717, 1.165) is 10.9 Å². The molecule has 0 aliphatic carbocycles. The van der Waals surface area contributed by atoms with Crippen LogP contribution in [0.5, 0.6) is 0 Å². The molecule has 1 aliphatic rings. The van der Waals surface area contributed by atoms with Crippen LogP contribution in [0.15, 0.2) is 54.6 Å². The number of aromatic nitrogens is 1. The second-order valence-corrected chi connectivity index (χ2v) is 8.52. The zero-order valence-electron chi connectivity index (χ0n) is 20.2. The van der Waals surface area contributed by atoms with Gasteiger partial charge in [-0.15, -0.1) is 0 Å². The number of hydrogen-bond donors (Lipinski definition) is 3. The number of esters is 2. The Kier molecular flexibility index (Phi) is 7.68. The van der Waals surface area contributed by atoms with Crippen LogP contribution < -0.4 is 10.6 Å². The van der Waals surface area contributed by atoms with Crippen LogP contribution in [0, 0.1) is 0 Å². The van der Waals surface area contributed by atoms with Gasteiger partial charge in [0.25, 0.3) is 0 Å². The Morgan fingerprint density at radius 1 is 0.806 bits per heavy atom. The number of piperazine rings is 1. The number of fused-ring (bicyclic) bond motifs is 1. The summed E-state index contributed by atoms with van der Waals surface area (Å²) >= 11 is 0. The third kappa shape index (κ3) is 5.25. The highest BCUT2D eigenvalue weighted by Crippen LogP contribution is 2.31. The Hall–Kier alpha value is -4.14. The number of hydrogen-bond acceptors (Lipinski definition) is 6. The molecule has 0 saturated carbocycles. The molecule has 9 heteroatoms. The molecule has 4 rings (SSSR count). The van der Waals surface area contributed by atoms with Gasteiger partial charge in [-0.05, 0) is 31.0 Å². The number of ether oxygens (including phenoxy) is 2. The van der Waals surface area contributed by atoms with Gasteiger partial charge in [0.1, 0.15) is 12.1 Å². The van der Waals surface area contributed by atoms with Crippen LogP contribution in [0.1, 0.15) is 36.6 Å². The van der Waals surface area contributed by atoms with E-state index in [1.807, 2.05) is 54.6 Å². The van der Waals surface area contributed by atoms with Gasteiger partial charge in [-0.2, -0.15) is 0 Å². The first kappa shape index (κ1) is 25.0. The van der Waals surface area contributed by atoms with E-state index < -0.39 is 29.9 Å². The zero-order chi connectivity index (χ0) is 25.7. The quantitative estimate of drug-likeness (QED) is 0.311. The second-order valence-electron chi connectivity index (χ2n) is 8.52. The van der Waals surface area contributed by atoms with Crippen molar-refractivity contribution >= 4 is 34.7 Å². The number of aromatic amines is 1. The predicted octanol–water partition coefficient (Wildman–Crippen LogP) is 2.15. The van der Waals surface area contributed by atoms with Gasteiger partial charge in [-0.25, -0.2) is 0 Å². The summed E-state index contributed by atoms with van der Waals surface area (Å²) in [6.45, 7) is 3.49. The number of carbonyl (C=O) groups is 4. The number of carbonyl (C=O) groups excluding carboxylic acids is 4. The summed E-state index contributed by atoms with van der Waals surface area (Å²) in [5.41, 5.74) is 2.48. The highest BCUT2D eigenvalue weighted by Gasteiger charge is 2.39. The van der Waals surface area contributed by atoms with E-state index in [9.17, 15) is 19.2 Å². The van der Waals surface area contributed by atoms with Crippen LogP contribution in [0.25, 0.3) is 10.9 Å². The normalized spacial score (nSPS) is 17.5. The fourth-order valence-electron chi connectivity index (χ4n) is 4.49. The first-order chi connectivity index (χ1) is 17.4. The van der Waals surface area contributed by atoms with E-state index in [1.165, 1.54) is 0 Å². The lowest BCUT2D eigenvalue weighted by Crippen LogP contribution is -2.62. The van der Waals surface area contributed by atoms with Crippen LogP contribution in [0.2, 0.25) is 0 Å². The summed E-state index contributed by atoms with van der Waals surface area (Å²) in [5.74, 6) is -3.47. The maximum absolute atomic E-state index is 13.0. The smallest absolute Gasteiger partial charge is 0.326 e. The topological polar surface area (TPSA) is 127 Å². The largest absolute Gasteiger partial charge is 0.465 e. The molecule has 2 atom stereocenters. The average molecular weight is 492 g/mol. The summed E-state index contributed by atoms with van der Waals surface area (Å²) in [4.78, 5) is 54.7.